The molecule has 0 unspecified atom stereocenters. The van der Waals surface area contributed by atoms with Crippen LogP contribution in [0.25, 0.3) is 0 Å². The fourth-order valence-corrected chi connectivity index (χ4v) is 1.70. The number of hydrogen-bond acceptors (Lipinski definition) is 1. The highest BCUT2D eigenvalue weighted by Gasteiger charge is 1.91. The Labute approximate surface area is 99.7 Å². The highest BCUT2D eigenvalue weighted by Crippen LogP contribution is 2.09. The molecule has 0 heterocycles. The highest BCUT2D eigenvalue weighted by atomic mass is 16.4. The molecular formula is C14H26O2. The molecular weight excluding hydrogens is 200 g/mol. The Kier molecular flexibility index (Phi) is 11.7. The van der Waals surface area contributed by atoms with Crippen molar-refractivity contribution in [1.82, 2.24) is 0 Å². The first kappa shape index (κ1) is 15.2. The minimum Gasteiger partial charge on any atom is -0.481 e. The van der Waals surface area contributed by atoms with Crippen LogP contribution in [0.3, 0.4) is 0 Å². The van der Waals surface area contributed by atoms with E-state index in [0.717, 1.165) is 6.42 Å². The largest absolute Gasteiger partial charge is 0.481 e. The van der Waals surface area contributed by atoms with Crippen LogP contribution in [0.1, 0.15) is 71.1 Å². The van der Waals surface area contributed by atoms with Crippen molar-refractivity contribution in [2.24, 2.45) is 0 Å². The summed E-state index contributed by atoms with van der Waals surface area (Å²) in [6.07, 6.45) is 15.6. The number of carboxylic acids is 1. The molecule has 0 aromatic heterocycles. The minimum absolute atomic E-state index is 0.164. The fraction of sp³-hybridized carbons (Fsp3) is 0.786. The molecule has 0 aliphatic heterocycles. The third-order valence-corrected chi connectivity index (χ3v) is 2.68. The van der Waals surface area contributed by atoms with E-state index in [2.05, 4.69) is 6.92 Å². The molecule has 94 valence electrons. The molecule has 1 N–H and O–H groups in total. The van der Waals surface area contributed by atoms with E-state index in [9.17, 15) is 4.79 Å². The molecule has 0 aromatic rings. The number of carboxylic acid groups (broad SMARTS) is 1. The summed E-state index contributed by atoms with van der Waals surface area (Å²) in [5.41, 5.74) is 0. The lowest BCUT2D eigenvalue weighted by Gasteiger charge is -1.99. The Morgan fingerprint density at radius 2 is 1.50 bits per heavy atom. The quantitative estimate of drug-likeness (QED) is 0.414. The summed E-state index contributed by atoms with van der Waals surface area (Å²) in [6.45, 7) is 2.24. The van der Waals surface area contributed by atoms with Gasteiger partial charge in [-0.05, 0) is 12.8 Å². The molecule has 2 nitrogen and oxygen atoms in total. The Morgan fingerprint density at radius 1 is 0.938 bits per heavy atom. The van der Waals surface area contributed by atoms with Crippen molar-refractivity contribution in [2.75, 3.05) is 0 Å². The molecule has 0 radical (unpaired) electrons. The molecule has 0 spiro atoms. The first-order valence-electron chi connectivity index (χ1n) is 6.64. The summed E-state index contributed by atoms with van der Waals surface area (Å²) >= 11 is 0. The Morgan fingerprint density at radius 3 is 2.06 bits per heavy atom. The van der Waals surface area contributed by atoms with E-state index in [1.54, 1.807) is 6.08 Å². The molecule has 0 atom stereocenters. The van der Waals surface area contributed by atoms with Crippen LogP contribution >= 0.6 is 0 Å². The summed E-state index contributed by atoms with van der Waals surface area (Å²) < 4.78 is 0. The molecule has 0 amide bonds. The van der Waals surface area contributed by atoms with Gasteiger partial charge in [-0.15, -0.1) is 0 Å². The maximum absolute atomic E-state index is 10.2. The van der Waals surface area contributed by atoms with Crippen LogP contribution in [-0.4, -0.2) is 11.1 Å². The van der Waals surface area contributed by atoms with Crippen LogP contribution in [0.4, 0.5) is 0 Å². The van der Waals surface area contributed by atoms with Crippen LogP contribution < -0.4 is 0 Å². The van der Waals surface area contributed by atoms with Crippen molar-refractivity contribution in [3.63, 3.8) is 0 Å². The van der Waals surface area contributed by atoms with Gasteiger partial charge in [-0.25, -0.2) is 0 Å². The summed E-state index contributed by atoms with van der Waals surface area (Å²) in [5, 5.41) is 8.41. The van der Waals surface area contributed by atoms with E-state index in [1.165, 1.54) is 51.4 Å². The predicted molar refractivity (Wildman–Crippen MR) is 68.6 cm³/mol. The monoisotopic (exact) mass is 226 g/mol. The van der Waals surface area contributed by atoms with Gasteiger partial charge in [-0.1, -0.05) is 64.0 Å². The van der Waals surface area contributed by atoms with E-state index in [-0.39, 0.29) is 6.42 Å². The van der Waals surface area contributed by atoms with Crippen molar-refractivity contribution in [3.05, 3.63) is 12.2 Å². The maximum atomic E-state index is 10.2. The van der Waals surface area contributed by atoms with Gasteiger partial charge in [0.25, 0.3) is 0 Å². The van der Waals surface area contributed by atoms with E-state index in [1.807, 2.05) is 6.08 Å². The zero-order chi connectivity index (χ0) is 12.1. The molecule has 0 aliphatic carbocycles. The van der Waals surface area contributed by atoms with Crippen LogP contribution in [-0.2, 0) is 4.79 Å². The van der Waals surface area contributed by atoms with E-state index < -0.39 is 5.97 Å². The first-order valence-corrected chi connectivity index (χ1v) is 6.64. The second kappa shape index (κ2) is 12.3. The van der Waals surface area contributed by atoms with Crippen LogP contribution in [0, 0.1) is 0 Å². The summed E-state index contributed by atoms with van der Waals surface area (Å²) in [7, 11) is 0. The smallest absolute Gasteiger partial charge is 0.307 e. The van der Waals surface area contributed by atoms with Gasteiger partial charge < -0.3 is 5.11 Å². The van der Waals surface area contributed by atoms with Crippen molar-refractivity contribution in [3.8, 4) is 0 Å². The fourth-order valence-electron chi connectivity index (χ4n) is 1.70. The SMILES string of the molecule is CCCCCCCCCCC=CCC(=O)O. The third kappa shape index (κ3) is 13.2. The van der Waals surface area contributed by atoms with Crippen LogP contribution in [0.15, 0.2) is 12.2 Å². The van der Waals surface area contributed by atoms with Gasteiger partial charge in [0.2, 0.25) is 0 Å². The topological polar surface area (TPSA) is 37.3 Å². The number of rotatable bonds is 11. The second-order valence-electron chi connectivity index (χ2n) is 4.33. The van der Waals surface area contributed by atoms with E-state index in [0.29, 0.717) is 0 Å². The lowest BCUT2D eigenvalue weighted by molar-refractivity contribution is -0.136. The van der Waals surface area contributed by atoms with E-state index >= 15 is 0 Å². The van der Waals surface area contributed by atoms with E-state index in [4.69, 9.17) is 5.11 Å². The molecule has 0 aliphatic rings. The average Bonchev–Trinajstić information content (AvgIpc) is 2.25. The molecule has 0 saturated heterocycles. The van der Waals surface area contributed by atoms with Gasteiger partial charge in [-0.3, -0.25) is 4.79 Å². The van der Waals surface area contributed by atoms with Gasteiger partial charge in [0.05, 0.1) is 6.42 Å². The van der Waals surface area contributed by atoms with Crippen molar-refractivity contribution in [1.29, 1.82) is 0 Å². The highest BCUT2D eigenvalue weighted by molar-refractivity contribution is 5.68. The molecule has 2 heteroatoms. The summed E-state index contributed by atoms with van der Waals surface area (Å²) in [6, 6.07) is 0. The number of hydrogen-bond donors (Lipinski definition) is 1. The van der Waals surface area contributed by atoms with Gasteiger partial charge in [-0.2, -0.15) is 0 Å². The van der Waals surface area contributed by atoms with Crippen molar-refractivity contribution < 1.29 is 9.90 Å². The van der Waals surface area contributed by atoms with Gasteiger partial charge >= 0.3 is 5.97 Å². The lowest BCUT2D eigenvalue weighted by Crippen LogP contribution is -1.89. The van der Waals surface area contributed by atoms with Gasteiger partial charge in [0.15, 0.2) is 0 Å². The second-order valence-corrected chi connectivity index (χ2v) is 4.33. The zero-order valence-electron chi connectivity index (χ0n) is 10.6. The number of allylic oxidation sites excluding steroid dienone is 1. The van der Waals surface area contributed by atoms with Crippen LogP contribution in [0.2, 0.25) is 0 Å². The molecule has 0 bridgehead atoms. The zero-order valence-corrected chi connectivity index (χ0v) is 10.6. The van der Waals surface area contributed by atoms with Gasteiger partial charge in [0.1, 0.15) is 0 Å². The number of aliphatic carboxylic acids is 1. The molecule has 0 fully saturated rings. The standard InChI is InChI=1S/C14H26O2/c1-2-3-4-5-6-7-8-9-10-11-12-13-14(15)16/h11-12H,2-10,13H2,1H3,(H,15,16). The van der Waals surface area contributed by atoms with Crippen molar-refractivity contribution >= 4 is 5.97 Å². The molecule has 0 saturated carbocycles. The lowest BCUT2D eigenvalue weighted by atomic mass is 10.1. The average molecular weight is 226 g/mol. The summed E-state index contributed by atoms with van der Waals surface area (Å²) in [5.74, 6) is -0.743. The minimum atomic E-state index is -0.743. The Bertz CT molecular complexity index is 185. The molecule has 0 rings (SSSR count). The molecule has 16 heavy (non-hydrogen) atoms. The third-order valence-electron chi connectivity index (χ3n) is 2.68. The molecule has 0 aromatic carbocycles. The predicted octanol–water partition coefficient (Wildman–Crippen LogP) is 4.55. The van der Waals surface area contributed by atoms with Crippen LogP contribution in [0.5, 0.6) is 0 Å². The normalized spacial score (nSPS) is 11.1. The first-order chi connectivity index (χ1) is 7.77. The Balaban J connectivity index is 3.03. The number of carbonyl (C=O) groups is 1. The summed E-state index contributed by atoms with van der Waals surface area (Å²) in [4.78, 5) is 10.2. The maximum Gasteiger partial charge on any atom is 0.307 e. The Hall–Kier alpha value is -0.790. The van der Waals surface area contributed by atoms with Crippen molar-refractivity contribution in [2.45, 2.75) is 71.1 Å². The number of unbranched alkanes of at least 4 members (excludes halogenated alkanes) is 8. The van der Waals surface area contributed by atoms with Gasteiger partial charge in [0, 0.05) is 0 Å².